The lowest BCUT2D eigenvalue weighted by Gasteiger charge is -2.10. The Balaban J connectivity index is 2.62. The Morgan fingerprint density at radius 3 is 2.81 bits per heavy atom. The lowest BCUT2D eigenvalue weighted by molar-refractivity contribution is 0.0947. The van der Waals surface area contributed by atoms with Gasteiger partial charge in [0.15, 0.2) is 0 Å². The summed E-state index contributed by atoms with van der Waals surface area (Å²) in [5.74, 6) is -0.997. The first-order chi connectivity index (χ1) is 7.50. The molecule has 88 valence electrons. The van der Waals surface area contributed by atoms with Gasteiger partial charge in [0.2, 0.25) is 0 Å². The minimum atomic E-state index is -0.559. The van der Waals surface area contributed by atoms with E-state index in [0.29, 0.717) is 18.8 Å². The van der Waals surface area contributed by atoms with Crippen molar-refractivity contribution in [3.63, 3.8) is 0 Å². The molecule has 0 bridgehead atoms. The molecule has 5 heteroatoms. The number of carbonyl (C=O) groups excluding carboxylic acids is 1. The summed E-state index contributed by atoms with van der Waals surface area (Å²) in [6.07, 6.45) is 0. The van der Waals surface area contributed by atoms with Gasteiger partial charge in [0, 0.05) is 18.8 Å². The van der Waals surface area contributed by atoms with Gasteiger partial charge >= 0.3 is 0 Å². The molecule has 1 rings (SSSR count). The topological polar surface area (TPSA) is 58.4 Å². The zero-order valence-electron chi connectivity index (χ0n) is 9.46. The van der Waals surface area contributed by atoms with E-state index in [-0.39, 0.29) is 5.56 Å². The van der Waals surface area contributed by atoms with Crippen LogP contribution >= 0.6 is 0 Å². The highest BCUT2D eigenvalue weighted by atomic mass is 19.1. The number of nitrogens with two attached hydrogens (primary N) is 1. The fourth-order valence-electron chi connectivity index (χ4n) is 1.21. The molecule has 16 heavy (non-hydrogen) atoms. The van der Waals surface area contributed by atoms with Crippen molar-refractivity contribution in [2.45, 2.75) is 0 Å². The molecule has 0 aliphatic heterocycles. The molecule has 0 aliphatic carbocycles. The highest BCUT2D eigenvalue weighted by Gasteiger charge is 2.11. The van der Waals surface area contributed by atoms with Gasteiger partial charge in [0.05, 0.1) is 5.56 Å². The summed E-state index contributed by atoms with van der Waals surface area (Å²) < 4.78 is 13.3. The van der Waals surface area contributed by atoms with Gasteiger partial charge in [-0.3, -0.25) is 4.79 Å². The molecular formula is C11H16FN3O. The summed E-state index contributed by atoms with van der Waals surface area (Å²) in [6.45, 7) is 1.18. The third-order valence-corrected chi connectivity index (χ3v) is 2.08. The molecule has 3 N–H and O–H groups in total. The van der Waals surface area contributed by atoms with Crippen LogP contribution in [0, 0.1) is 5.82 Å². The standard InChI is InChI=1S/C11H16FN3O/c1-15(2)6-5-14-11(16)9-7-8(13)3-4-10(9)12/h3-4,7H,5-6,13H2,1-2H3,(H,14,16). The lowest BCUT2D eigenvalue weighted by atomic mass is 10.2. The summed E-state index contributed by atoms with van der Waals surface area (Å²) in [5, 5.41) is 2.62. The summed E-state index contributed by atoms with van der Waals surface area (Å²) in [6, 6.07) is 3.95. The SMILES string of the molecule is CN(C)CCNC(=O)c1cc(N)ccc1F. The summed E-state index contributed by atoms with van der Waals surface area (Å²) in [7, 11) is 3.79. The number of benzene rings is 1. The quantitative estimate of drug-likeness (QED) is 0.742. The number of nitrogens with one attached hydrogen (secondary N) is 1. The maximum absolute atomic E-state index is 13.3. The number of hydrogen-bond donors (Lipinski definition) is 2. The van der Waals surface area contributed by atoms with Crippen molar-refractivity contribution >= 4 is 11.6 Å². The van der Waals surface area contributed by atoms with Crippen molar-refractivity contribution in [3.05, 3.63) is 29.6 Å². The second-order valence-electron chi connectivity index (χ2n) is 3.80. The Hall–Kier alpha value is -1.62. The van der Waals surface area contributed by atoms with E-state index in [9.17, 15) is 9.18 Å². The molecule has 0 aromatic heterocycles. The molecule has 1 aromatic rings. The Kier molecular flexibility index (Phi) is 4.25. The van der Waals surface area contributed by atoms with E-state index < -0.39 is 11.7 Å². The van der Waals surface area contributed by atoms with Gasteiger partial charge in [-0.05, 0) is 32.3 Å². The van der Waals surface area contributed by atoms with Crippen molar-refractivity contribution in [3.8, 4) is 0 Å². The number of halogens is 1. The number of carbonyl (C=O) groups is 1. The van der Waals surface area contributed by atoms with Crippen molar-refractivity contribution in [1.29, 1.82) is 0 Å². The van der Waals surface area contributed by atoms with Crippen LogP contribution in [0.5, 0.6) is 0 Å². The van der Waals surface area contributed by atoms with Crippen LogP contribution in [0.15, 0.2) is 18.2 Å². The van der Waals surface area contributed by atoms with Crippen molar-refractivity contribution in [1.82, 2.24) is 10.2 Å². The van der Waals surface area contributed by atoms with Crippen LogP contribution in [0.2, 0.25) is 0 Å². The summed E-state index contributed by atoms with van der Waals surface area (Å²) in [5.41, 5.74) is 5.85. The maximum Gasteiger partial charge on any atom is 0.254 e. The number of anilines is 1. The van der Waals surface area contributed by atoms with Gasteiger partial charge in [-0.25, -0.2) is 4.39 Å². The predicted octanol–water partition coefficient (Wildman–Crippen LogP) is 0.699. The van der Waals surface area contributed by atoms with Crippen LogP contribution in [-0.4, -0.2) is 38.0 Å². The molecule has 1 aromatic carbocycles. The smallest absolute Gasteiger partial charge is 0.254 e. The van der Waals surface area contributed by atoms with E-state index >= 15 is 0 Å². The van der Waals surface area contributed by atoms with E-state index in [1.807, 2.05) is 19.0 Å². The largest absolute Gasteiger partial charge is 0.399 e. The van der Waals surface area contributed by atoms with Crippen molar-refractivity contribution in [2.75, 3.05) is 32.9 Å². The van der Waals surface area contributed by atoms with E-state index in [2.05, 4.69) is 5.32 Å². The van der Waals surface area contributed by atoms with Crippen LogP contribution in [0.25, 0.3) is 0 Å². The molecule has 4 nitrogen and oxygen atoms in total. The van der Waals surface area contributed by atoms with Crippen LogP contribution < -0.4 is 11.1 Å². The predicted molar refractivity (Wildman–Crippen MR) is 61.7 cm³/mol. The molecule has 0 atom stereocenters. The molecule has 0 fully saturated rings. The maximum atomic E-state index is 13.3. The van der Waals surface area contributed by atoms with Crippen LogP contribution in [0.1, 0.15) is 10.4 Å². The minimum Gasteiger partial charge on any atom is -0.399 e. The number of amides is 1. The van der Waals surface area contributed by atoms with Gasteiger partial charge in [-0.15, -0.1) is 0 Å². The number of nitrogens with zero attached hydrogens (tertiary/aromatic N) is 1. The van der Waals surface area contributed by atoms with Crippen molar-refractivity contribution in [2.24, 2.45) is 0 Å². The fourth-order valence-corrected chi connectivity index (χ4v) is 1.21. The van der Waals surface area contributed by atoms with E-state index in [0.717, 1.165) is 0 Å². The highest BCUT2D eigenvalue weighted by Crippen LogP contribution is 2.11. The molecular weight excluding hydrogens is 209 g/mol. The second-order valence-corrected chi connectivity index (χ2v) is 3.80. The van der Waals surface area contributed by atoms with Crippen molar-refractivity contribution < 1.29 is 9.18 Å². The number of rotatable bonds is 4. The van der Waals surface area contributed by atoms with E-state index in [1.54, 1.807) is 0 Å². The van der Waals surface area contributed by atoms with Crippen LogP contribution in [0.3, 0.4) is 0 Å². The molecule has 0 aliphatic rings. The number of hydrogen-bond acceptors (Lipinski definition) is 3. The molecule has 0 saturated heterocycles. The van der Waals surface area contributed by atoms with Gasteiger partial charge in [-0.1, -0.05) is 0 Å². The third kappa shape index (κ3) is 3.51. The fraction of sp³-hybridized carbons (Fsp3) is 0.364. The Morgan fingerprint density at radius 1 is 1.50 bits per heavy atom. The first-order valence-electron chi connectivity index (χ1n) is 4.98. The normalized spacial score (nSPS) is 10.5. The molecule has 0 heterocycles. The number of nitrogen functional groups attached to an aromatic ring is 1. The Labute approximate surface area is 94.2 Å². The molecule has 1 amide bonds. The van der Waals surface area contributed by atoms with Gasteiger partial charge in [-0.2, -0.15) is 0 Å². The lowest BCUT2D eigenvalue weighted by Crippen LogP contribution is -2.31. The highest BCUT2D eigenvalue weighted by molar-refractivity contribution is 5.95. The summed E-state index contributed by atoms with van der Waals surface area (Å²) >= 11 is 0. The average Bonchev–Trinajstić information content (AvgIpc) is 2.21. The van der Waals surface area contributed by atoms with Gasteiger partial charge < -0.3 is 16.0 Å². The zero-order chi connectivity index (χ0) is 12.1. The zero-order valence-corrected chi connectivity index (χ0v) is 9.46. The van der Waals surface area contributed by atoms with Gasteiger partial charge in [0.25, 0.3) is 5.91 Å². The number of likely N-dealkylation sites (N-methyl/N-ethyl adjacent to an activating group) is 1. The Morgan fingerprint density at radius 2 is 2.19 bits per heavy atom. The van der Waals surface area contributed by atoms with E-state index in [4.69, 9.17) is 5.73 Å². The third-order valence-electron chi connectivity index (χ3n) is 2.08. The van der Waals surface area contributed by atoms with Crippen LogP contribution in [0.4, 0.5) is 10.1 Å². The molecule has 0 spiro atoms. The first kappa shape index (κ1) is 12.4. The first-order valence-corrected chi connectivity index (χ1v) is 4.98. The second kappa shape index (κ2) is 5.46. The minimum absolute atomic E-state index is 0.0150. The Bertz CT molecular complexity index is 379. The average molecular weight is 225 g/mol. The van der Waals surface area contributed by atoms with E-state index in [1.165, 1.54) is 18.2 Å². The van der Waals surface area contributed by atoms with Gasteiger partial charge in [0.1, 0.15) is 5.82 Å². The molecule has 0 saturated carbocycles. The van der Waals surface area contributed by atoms with Crippen LogP contribution in [-0.2, 0) is 0 Å². The molecule has 0 unspecified atom stereocenters. The monoisotopic (exact) mass is 225 g/mol. The molecule has 0 radical (unpaired) electrons. The summed E-state index contributed by atoms with van der Waals surface area (Å²) in [4.78, 5) is 13.5.